The molecule has 2 N–H and O–H groups in total. The Balaban J connectivity index is 1.49. The summed E-state index contributed by atoms with van der Waals surface area (Å²) < 4.78 is 10.7. The zero-order valence-corrected chi connectivity index (χ0v) is 14.3. The molecule has 1 aliphatic rings. The SMILES string of the molecule is COc1cccc(C2CC(c3nc(-c4ccc(Cl)cc4)no3)NN2)c1. The molecule has 0 bridgehead atoms. The summed E-state index contributed by atoms with van der Waals surface area (Å²) in [4.78, 5) is 4.51. The molecule has 4 rings (SSSR count). The number of nitrogens with zero attached hydrogens (tertiary/aromatic N) is 2. The summed E-state index contributed by atoms with van der Waals surface area (Å²) in [6.45, 7) is 0. The Morgan fingerprint density at radius 3 is 2.72 bits per heavy atom. The lowest BCUT2D eigenvalue weighted by atomic mass is 10.0. The van der Waals surface area contributed by atoms with Crippen LogP contribution in [0.3, 0.4) is 0 Å². The molecule has 0 aliphatic carbocycles. The maximum atomic E-state index is 5.91. The van der Waals surface area contributed by atoms with Gasteiger partial charge in [0, 0.05) is 16.6 Å². The summed E-state index contributed by atoms with van der Waals surface area (Å²) in [5.74, 6) is 1.95. The van der Waals surface area contributed by atoms with Crippen molar-refractivity contribution in [1.29, 1.82) is 0 Å². The molecule has 2 aromatic carbocycles. The van der Waals surface area contributed by atoms with Crippen molar-refractivity contribution in [3.8, 4) is 17.1 Å². The molecular weight excluding hydrogens is 340 g/mol. The van der Waals surface area contributed by atoms with Gasteiger partial charge in [0.25, 0.3) is 0 Å². The third-order valence-electron chi connectivity index (χ3n) is 4.24. The summed E-state index contributed by atoms with van der Waals surface area (Å²) in [6.07, 6.45) is 0.801. The fourth-order valence-electron chi connectivity index (χ4n) is 2.89. The van der Waals surface area contributed by atoms with Gasteiger partial charge < -0.3 is 9.26 Å². The van der Waals surface area contributed by atoms with Gasteiger partial charge in [0.05, 0.1) is 7.11 Å². The number of hydrogen-bond acceptors (Lipinski definition) is 6. The molecule has 0 saturated carbocycles. The van der Waals surface area contributed by atoms with Crippen LogP contribution in [0.25, 0.3) is 11.4 Å². The Labute approximate surface area is 150 Å². The number of rotatable bonds is 4. The predicted molar refractivity (Wildman–Crippen MR) is 94.1 cm³/mol. The first-order valence-electron chi connectivity index (χ1n) is 7.97. The number of hydrogen-bond donors (Lipinski definition) is 2. The van der Waals surface area contributed by atoms with Crippen LogP contribution in [0.4, 0.5) is 0 Å². The smallest absolute Gasteiger partial charge is 0.245 e. The van der Waals surface area contributed by atoms with Gasteiger partial charge in [-0.2, -0.15) is 4.98 Å². The second kappa shape index (κ2) is 6.84. The highest BCUT2D eigenvalue weighted by atomic mass is 35.5. The number of methoxy groups -OCH3 is 1. The number of hydrazine groups is 1. The molecule has 1 aliphatic heterocycles. The minimum Gasteiger partial charge on any atom is -0.497 e. The van der Waals surface area contributed by atoms with Crippen LogP contribution in [-0.4, -0.2) is 17.3 Å². The lowest BCUT2D eigenvalue weighted by Gasteiger charge is -2.10. The molecule has 0 radical (unpaired) electrons. The number of nitrogens with one attached hydrogen (secondary N) is 2. The molecule has 7 heteroatoms. The van der Waals surface area contributed by atoms with Gasteiger partial charge in [-0.15, -0.1) is 0 Å². The molecule has 128 valence electrons. The first-order valence-corrected chi connectivity index (χ1v) is 8.35. The highest BCUT2D eigenvalue weighted by Crippen LogP contribution is 2.32. The van der Waals surface area contributed by atoms with Crippen molar-refractivity contribution in [3.63, 3.8) is 0 Å². The fraction of sp³-hybridized carbons (Fsp3) is 0.222. The molecular formula is C18H17ClN4O2. The quantitative estimate of drug-likeness (QED) is 0.743. The highest BCUT2D eigenvalue weighted by Gasteiger charge is 2.30. The molecule has 2 unspecified atom stereocenters. The maximum absolute atomic E-state index is 5.91. The van der Waals surface area contributed by atoms with Gasteiger partial charge in [0.2, 0.25) is 11.7 Å². The summed E-state index contributed by atoms with van der Waals surface area (Å²) >= 11 is 5.91. The van der Waals surface area contributed by atoms with E-state index in [4.69, 9.17) is 20.9 Å². The van der Waals surface area contributed by atoms with E-state index in [1.807, 2.05) is 30.3 Å². The molecule has 2 atom stereocenters. The van der Waals surface area contributed by atoms with E-state index >= 15 is 0 Å². The zero-order chi connectivity index (χ0) is 17.2. The normalized spacial score (nSPS) is 19.9. The largest absolute Gasteiger partial charge is 0.497 e. The van der Waals surface area contributed by atoms with Gasteiger partial charge in [-0.05, 0) is 48.4 Å². The Morgan fingerprint density at radius 1 is 1.12 bits per heavy atom. The van der Waals surface area contributed by atoms with E-state index in [0.717, 1.165) is 23.3 Å². The molecule has 0 spiro atoms. The molecule has 1 fully saturated rings. The lowest BCUT2D eigenvalue weighted by molar-refractivity contribution is 0.340. The molecule has 3 aromatic rings. The predicted octanol–water partition coefficient (Wildman–Crippen LogP) is 3.68. The molecule has 0 amide bonds. The first-order chi connectivity index (χ1) is 12.2. The van der Waals surface area contributed by atoms with Gasteiger partial charge in [-0.3, -0.25) is 0 Å². The van der Waals surface area contributed by atoms with Crippen molar-refractivity contribution in [2.75, 3.05) is 7.11 Å². The van der Waals surface area contributed by atoms with Crippen LogP contribution in [0.15, 0.2) is 53.1 Å². The Bertz CT molecular complexity index is 866. The number of aromatic nitrogens is 2. The van der Waals surface area contributed by atoms with Crippen LogP contribution >= 0.6 is 11.6 Å². The lowest BCUT2D eigenvalue weighted by Crippen LogP contribution is -2.26. The van der Waals surface area contributed by atoms with E-state index in [2.05, 4.69) is 27.1 Å². The van der Waals surface area contributed by atoms with Crippen LogP contribution in [0.2, 0.25) is 5.02 Å². The van der Waals surface area contributed by atoms with Crippen molar-refractivity contribution in [1.82, 2.24) is 21.0 Å². The third-order valence-corrected chi connectivity index (χ3v) is 4.49. The van der Waals surface area contributed by atoms with Crippen molar-refractivity contribution in [2.45, 2.75) is 18.5 Å². The number of ether oxygens (including phenoxy) is 1. The van der Waals surface area contributed by atoms with Crippen LogP contribution in [-0.2, 0) is 0 Å². The monoisotopic (exact) mass is 356 g/mol. The van der Waals surface area contributed by atoms with Crippen LogP contribution in [0.5, 0.6) is 5.75 Å². The first kappa shape index (κ1) is 16.1. The van der Waals surface area contributed by atoms with Gasteiger partial charge in [-0.25, -0.2) is 10.9 Å². The Hall–Kier alpha value is -2.41. The van der Waals surface area contributed by atoms with Gasteiger partial charge in [0.1, 0.15) is 11.8 Å². The summed E-state index contributed by atoms with van der Waals surface area (Å²) in [7, 11) is 1.67. The maximum Gasteiger partial charge on any atom is 0.245 e. The van der Waals surface area contributed by atoms with E-state index < -0.39 is 0 Å². The van der Waals surface area contributed by atoms with E-state index in [1.165, 1.54) is 0 Å². The van der Waals surface area contributed by atoms with Crippen molar-refractivity contribution in [2.24, 2.45) is 0 Å². The molecule has 1 aromatic heterocycles. The molecule has 2 heterocycles. The van der Waals surface area contributed by atoms with Crippen LogP contribution < -0.4 is 15.6 Å². The second-order valence-electron chi connectivity index (χ2n) is 5.87. The standard InChI is InChI=1S/C18H17ClN4O2/c1-24-14-4-2-3-12(9-14)15-10-16(22-21-15)18-20-17(23-25-18)11-5-7-13(19)8-6-11/h2-9,15-16,21-22H,10H2,1H3. The number of halogens is 1. The third kappa shape index (κ3) is 3.37. The fourth-order valence-corrected chi connectivity index (χ4v) is 3.01. The molecule has 25 heavy (non-hydrogen) atoms. The molecule has 1 saturated heterocycles. The Morgan fingerprint density at radius 2 is 1.92 bits per heavy atom. The van der Waals surface area contributed by atoms with Gasteiger partial charge >= 0.3 is 0 Å². The summed E-state index contributed by atoms with van der Waals surface area (Å²) in [5, 5.41) is 4.75. The zero-order valence-electron chi connectivity index (χ0n) is 13.6. The minimum atomic E-state index is -0.0512. The van der Waals surface area contributed by atoms with Gasteiger partial charge in [0.15, 0.2) is 0 Å². The molecule has 6 nitrogen and oxygen atoms in total. The van der Waals surface area contributed by atoms with E-state index in [0.29, 0.717) is 16.7 Å². The van der Waals surface area contributed by atoms with Crippen molar-refractivity contribution < 1.29 is 9.26 Å². The van der Waals surface area contributed by atoms with Gasteiger partial charge in [-0.1, -0.05) is 28.9 Å². The highest BCUT2D eigenvalue weighted by molar-refractivity contribution is 6.30. The topological polar surface area (TPSA) is 72.2 Å². The van der Waals surface area contributed by atoms with Crippen LogP contribution in [0, 0.1) is 0 Å². The average molecular weight is 357 g/mol. The van der Waals surface area contributed by atoms with E-state index in [9.17, 15) is 0 Å². The van der Waals surface area contributed by atoms with Crippen molar-refractivity contribution in [3.05, 3.63) is 65.0 Å². The summed E-state index contributed by atoms with van der Waals surface area (Å²) in [5.41, 5.74) is 8.52. The second-order valence-corrected chi connectivity index (χ2v) is 6.31. The number of benzene rings is 2. The van der Waals surface area contributed by atoms with Crippen molar-refractivity contribution >= 4 is 11.6 Å². The Kier molecular flexibility index (Phi) is 4.40. The van der Waals surface area contributed by atoms with E-state index in [1.54, 1.807) is 19.2 Å². The van der Waals surface area contributed by atoms with E-state index in [-0.39, 0.29) is 12.1 Å². The average Bonchev–Trinajstić information content (AvgIpc) is 3.32. The minimum absolute atomic E-state index is 0.0512. The summed E-state index contributed by atoms with van der Waals surface area (Å²) in [6, 6.07) is 15.4. The van der Waals surface area contributed by atoms with Crippen LogP contribution in [0.1, 0.15) is 30.0 Å².